The van der Waals surface area contributed by atoms with E-state index >= 15 is 0 Å². The summed E-state index contributed by atoms with van der Waals surface area (Å²) in [4.78, 5) is 23.0. The summed E-state index contributed by atoms with van der Waals surface area (Å²) in [6, 6.07) is 1.99. The van der Waals surface area contributed by atoms with Crippen LogP contribution in [-0.2, 0) is 28.9 Å². The van der Waals surface area contributed by atoms with E-state index in [1.54, 1.807) is 0 Å². The third-order valence-corrected chi connectivity index (χ3v) is 4.35. The molecule has 2 aromatic rings. The zero-order chi connectivity index (χ0) is 17.8. The van der Waals surface area contributed by atoms with Gasteiger partial charge in [-0.1, -0.05) is 6.92 Å². The van der Waals surface area contributed by atoms with Crippen LogP contribution in [0.3, 0.4) is 0 Å². The second kappa shape index (κ2) is 7.63. The highest BCUT2D eigenvalue weighted by Gasteiger charge is 2.22. The highest BCUT2D eigenvalue weighted by Crippen LogP contribution is 2.24. The monoisotopic (exact) mass is 343 g/mol. The van der Waals surface area contributed by atoms with Crippen LogP contribution in [0.2, 0.25) is 0 Å². The van der Waals surface area contributed by atoms with Crippen LogP contribution in [-0.4, -0.2) is 39.3 Å². The average molecular weight is 343 g/mol. The molecule has 1 N–H and O–H groups in total. The molecule has 1 aliphatic rings. The maximum Gasteiger partial charge on any atom is 0.306 e. The van der Waals surface area contributed by atoms with Gasteiger partial charge in [0.15, 0.2) is 0 Å². The maximum atomic E-state index is 11.6. The Labute approximate surface area is 147 Å². The molecule has 0 aromatic carbocycles. The Kier molecular flexibility index (Phi) is 5.31. The number of aryl methyl sites for hydroxylation is 2. The Morgan fingerprint density at radius 2 is 2.28 bits per heavy atom. The van der Waals surface area contributed by atoms with Gasteiger partial charge in [0.2, 0.25) is 0 Å². The third kappa shape index (κ3) is 4.35. The number of rotatable bonds is 5. The molecule has 0 radical (unpaired) electrons. The van der Waals surface area contributed by atoms with Crippen LogP contribution in [0, 0.1) is 12.8 Å². The fourth-order valence-electron chi connectivity index (χ4n) is 3.25. The van der Waals surface area contributed by atoms with E-state index in [0.29, 0.717) is 25.4 Å². The van der Waals surface area contributed by atoms with E-state index in [4.69, 9.17) is 4.74 Å². The lowest BCUT2D eigenvalue weighted by molar-refractivity contribution is -0.143. The van der Waals surface area contributed by atoms with Crippen molar-refractivity contribution in [1.29, 1.82) is 0 Å². The Morgan fingerprint density at radius 3 is 3.08 bits per heavy atom. The van der Waals surface area contributed by atoms with E-state index in [1.807, 2.05) is 26.1 Å². The van der Waals surface area contributed by atoms with E-state index in [2.05, 4.69) is 32.0 Å². The van der Waals surface area contributed by atoms with E-state index < -0.39 is 0 Å². The summed E-state index contributed by atoms with van der Waals surface area (Å²) in [6.45, 7) is 8.06. The van der Waals surface area contributed by atoms with Gasteiger partial charge < -0.3 is 9.64 Å². The van der Waals surface area contributed by atoms with Gasteiger partial charge >= 0.3 is 5.97 Å². The van der Waals surface area contributed by atoms with Crippen LogP contribution < -0.4 is 4.90 Å². The molecule has 25 heavy (non-hydrogen) atoms. The Balaban J connectivity index is 1.78. The van der Waals surface area contributed by atoms with Crippen molar-refractivity contribution in [2.75, 3.05) is 18.1 Å². The SMILES string of the molecule is CCOC(=O)CCc1cc(N2Cc3cn[nH]c3CC(C)C2)nc(C)n1. The smallest absolute Gasteiger partial charge is 0.306 e. The van der Waals surface area contributed by atoms with E-state index in [1.165, 1.54) is 11.3 Å². The average Bonchev–Trinajstić information content (AvgIpc) is 2.92. The summed E-state index contributed by atoms with van der Waals surface area (Å²) in [6.07, 6.45) is 3.79. The van der Waals surface area contributed by atoms with Crippen molar-refractivity contribution < 1.29 is 9.53 Å². The number of carbonyl (C=O) groups excluding carboxylic acids is 1. The Morgan fingerprint density at radius 1 is 1.44 bits per heavy atom. The number of esters is 1. The largest absolute Gasteiger partial charge is 0.466 e. The van der Waals surface area contributed by atoms with Crippen molar-refractivity contribution in [2.24, 2.45) is 5.92 Å². The number of hydrogen-bond acceptors (Lipinski definition) is 6. The predicted molar refractivity (Wildman–Crippen MR) is 94.2 cm³/mol. The van der Waals surface area contributed by atoms with Gasteiger partial charge in [0.1, 0.15) is 11.6 Å². The second-order valence-corrected chi connectivity index (χ2v) is 6.63. The molecule has 7 nitrogen and oxygen atoms in total. The number of carbonyl (C=O) groups is 1. The van der Waals surface area contributed by atoms with E-state index in [9.17, 15) is 4.79 Å². The number of hydrogen-bond donors (Lipinski definition) is 1. The second-order valence-electron chi connectivity index (χ2n) is 6.63. The van der Waals surface area contributed by atoms with Gasteiger partial charge in [0.25, 0.3) is 0 Å². The Hall–Kier alpha value is -2.44. The van der Waals surface area contributed by atoms with Crippen molar-refractivity contribution in [3.63, 3.8) is 0 Å². The van der Waals surface area contributed by atoms with Crippen LogP contribution in [0.15, 0.2) is 12.3 Å². The molecule has 0 bridgehead atoms. The van der Waals surface area contributed by atoms with Crippen molar-refractivity contribution in [3.05, 3.63) is 35.0 Å². The molecule has 0 saturated heterocycles. The molecule has 134 valence electrons. The fraction of sp³-hybridized carbons (Fsp3) is 0.556. The van der Waals surface area contributed by atoms with E-state index in [-0.39, 0.29) is 5.97 Å². The first-order valence-electron chi connectivity index (χ1n) is 8.81. The molecule has 0 fully saturated rings. The summed E-state index contributed by atoms with van der Waals surface area (Å²) in [5, 5.41) is 7.28. The lowest BCUT2D eigenvalue weighted by Gasteiger charge is -2.24. The molecule has 1 unspecified atom stereocenters. The Bertz CT molecular complexity index is 743. The van der Waals surface area contributed by atoms with Crippen LogP contribution in [0.25, 0.3) is 0 Å². The predicted octanol–water partition coefficient (Wildman–Crippen LogP) is 2.20. The zero-order valence-electron chi connectivity index (χ0n) is 15.1. The summed E-state index contributed by atoms with van der Waals surface area (Å²) in [5.74, 6) is 1.94. The quantitative estimate of drug-likeness (QED) is 0.838. The lowest BCUT2D eigenvalue weighted by atomic mass is 10.1. The number of anilines is 1. The minimum absolute atomic E-state index is 0.188. The number of nitrogens with zero attached hydrogens (tertiary/aromatic N) is 4. The van der Waals surface area contributed by atoms with Crippen LogP contribution in [0.1, 0.15) is 43.0 Å². The molecule has 7 heteroatoms. The van der Waals surface area contributed by atoms with Gasteiger partial charge in [-0.05, 0) is 26.2 Å². The number of aromatic nitrogens is 4. The molecule has 0 spiro atoms. The van der Waals surface area contributed by atoms with Crippen molar-refractivity contribution in [1.82, 2.24) is 20.2 Å². The highest BCUT2D eigenvalue weighted by atomic mass is 16.5. The fourth-order valence-corrected chi connectivity index (χ4v) is 3.25. The lowest BCUT2D eigenvalue weighted by Crippen LogP contribution is -2.27. The normalized spacial score (nSPS) is 17.1. The summed E-state index contributed by atoms with van der Waals surface area (Å²) < 4.78 is 5.00. The van der Waals surface area contributed by atoms with Crippen LogP contribution in [0.5, 0.6) is 0 Å². The van der Waals surface area contributed by atoms with Crippen LogP contribution in [0.4, 0.5) is 5.82 Å². The molecule has 0 saturated carbocycles. The molecular formula is C18H25N5O2. The molecule has 1 atom stereocenters. The number of aromatic amines is 1. The number of fused-ring (bicyclic) bond motifs is 1. The van der Waals surface area contributed by atoms with Gasteiger partial charge in [-0.25, -0.2) is 9.97 Å². The summed E-state index contributed by atoms with van der Waals surface area (Å²) in [7, 11) is 0. The summed E-state index contributed by atoms with van der Waals surface area (Å²) >= 11 is 0. The van der Waals surface area contributed by atoms with Crippen LogP contribution >= 0.6 is 0 Å². The minimum atomic E-state index is -0.188. The van der Waals surface area contributed by atoms with Crippen molar-refractivity contribution >= 4 is 11.8 Å². The maximum absolute atomic E-state index is 11.6. The first-order chi connectivity index (χ1) is 12.0. The van der Waals surface area contributed by atoms with E-state index in [0.717, 1.165) is 36.8 Å². The van der Waals surface area contributed by atoms with Crippen molar-refractivity contribution in [2.45, 2.75) is 46.6 Å². The third-order valence-electron chi connectivity index (χ3n) is 4.35. The first-order valence-corrected chi connectivity index (χ1v) is 8.81. The molecule has 0 aliphatic carbocycles. The molecule has 0 amide bonds. The topological polar surface area (TPSA) is 84.0 Å². The molecular weight excluding hydrogens is 318 g/mol. The van der Waals surface area contributed by atoms with Gasteiger partial charge in [0.05, 0.1) is 19.2 Å². The van der Waals surface area contributed by atoms with Gasteiger partial charge in [-0.15, -0.1) is 0 Å². The van der Waals surface area contributed by atoms with Crippen molar-refractivity contribution in [3.8, 4) is 0 Å². The molecule has 1 aliphatic heterocycles. The minimum Gasteiger partial charge on any atom is -0.466 e. The summed E-state index contributed by atoms with van der Waals surface area (Å²) in [5.41, 5.74) is 3.30. The number of nitrogens with one attached hydrogen (secondary N) is 1. The first kappa shape index (κ1) is 17.4. The molecule has 3 heterocycles. The number of H-pyrrole nitrogens is 1. The molecule has 2 aromatic heterocycles. The molecule has 3 rings (SSSR count). The number of ether oxygens (including phenoxy) is 1. The van der Waals surface area contributed by atoms with Gasteiger partial charge in [0, 0.05) is 42.5 Å². The van der Waals surface area contributed by atoms with Gasteiger partial charge in [-0.2, -0.15) is 5.10 Å². The zero-order valence-corrected chi connectivity index (χ0v) is 15.1. The van der Waals surface area contributed by atoms with Gasteiger partial charge in [-0.3, -0.25) is 9.89 Å². The highest BCUT2D eigenvalue weighted by molar-refractivity contribution is 5.69. The standard InChI is InChI=1S/C18H25N5O2/c1-4-25-18(24)6-5-15-8-17(21-13(3)20-15)23-10-12(2)7-16-14(11-23)9-19-22-16/h8-9,12H,4-7,10-11H2,1-3H3,(H,19,22).